The first-order valence-electron chi connectivity index (χ1n) is 10.2. The maximum Gasteiger partial charge on any atom is 0.333 e. The van der Waals surface area contributed by atoms with Gasteiger partial charge >= 0.3 is 6.03 Å². The standard InChI is InChI=1S/C23H26N2O3S/c26-23(25-29(27,28)15-5-4-10-17-8-2-1-3-9-17)24-22-20-13-6-11-18(20)16-19-12-7-14-21(19)22/h1-3,5,8-9,15-16H,4,6-7,10-14H2,(H2,24,25,26)/b15-5+. The van der Waals surface area contributed by atoms with Gasteiger partial charge in [-0.05, 0) is 79.2 Å². The maximum atomic E-state index is 12.4. The number of sulfonamides is 1. The third-order valence-corrected chi connectivity index (χ3v) is 6.69. The molecule has 29 heavy (non-hydrogen) atoms. The normalized spacial score (nSPS) is 15.3. The molecule has 4 rings (SSSR count). The molecule has 0 unspecified atom stereocenters. The summed E-state index contributed by atoms with van der Waals surface area (Å²) >= 11 is 0. The lowest BCUT2D eigenvalue weighted by molar-refractivity contribution is 0.256. The van der Waals surface area contributed by atoms with Crippen LogP contribution in [0.4, 0.5) is 10.5 Å². The van der Waals surface area contributed by atoms with E-state index in [1.54, 1.807) is 6.08 Å². The van der Waals surface area contributed by atoms with Crippen LogP contribution in [0, 0.1) is 0 Å². The smallest absolute Gasteiger partial charge is 0.307 e. The summed E-state index contributed by atoms with van der Waals surface area (Å²) in [5.41, 5.74) is 6.93. The molecule has 2 aliphatic rings. The summed E-state index contributed by atoms with van der Waals surface area (Å²) in [6.45, 7) is 0. The molecule has 0 aromatic heterocycles. The van der Waals surface area contributed by atoms with Gasteiger partial charge in [-0.1, -0.05) is 42.5 Å². The van der Waals surface area contributed by atoms with Crippen LogP contribution in [0.15, 0.2) is 47.9 Å². The predicted octanol–water partition coefficient (Wildman–Crippen LogP) is 4.26. The zero-order valence-corrected chi connectivity index (χ0v) is 17.2. The van der Waals surface area contributed by atoms with Crippen molar-refractivity contribution in [1.29, 1.82) is 0 Å². The van der Waals surface area contributed by atoms with Crippen molar-refractivity contribution in [2.24, 2.45) is 0 Å². The van der Waals surface area contributed by atoms with Crippen LogP contribution in [-0.4, -0.2) is 14.4 Å². The Kier molecular flexibility index (Phi) is 5.72. The van der Waals surface area contributed by atoms with Gasteiger partial charge in [0.1, 0.15) is 0 Å². The number of hydrogen-bond acceptors (Lipinski definition) is 3. The molecule has 0 fully saturated rings. The SMILES string of the molecule is O=C(Nc1c2c(cc3c1CCC3)CCC2)NS(=O)(=O)/C=C/CCc1ccccc1. The van der Waals surface area contributed by atoms with Crippen LogP contribution >= 0.6 is 0 Å². The van der Waals surface area contributed by atoms with Crippen LogP contribution in [0.3, 0.4) is 0 Å². The highest BCUT2D eigenvalue weighted by molar-refractivity contribution is 7.92. The molecule has 2 aromatic carbocycles. The van der Waals surface area contributed by atoms with Crippen molar-refractivity contribution in [2.75, 3.05) is 5.32 Å². The largest absolute Gasteiger partial charge is 0.333 e. The number of carbonyl (C=O) groups is 1. The first kappa shape index (κ1) is 19.7. The lowest BCUT2D eigenvalue weighted by Gasteiger charge is -2.16. The van der Waals surface area contributed by atoms with Crippen molar-refractivity contribution in [3.8, 4) is 0 Å². The highest BCUT2D eigenvalue weighted by atomic mass is 32.2. The van der Waals surface area contributed by atoms with Gasteiger partial charge < -0.3 is 5.32 Å². The second-order valence-electron chi connectivity index (χ2n) is 7.73. The molecule has 152 valence electrons. The number of anilines is 1. The molecule has 2 aliphatic carbocycles. The Balaban J connectivity index is 1.39. The van der Waals surface area contributed by atoms with E-state index in [9.17, 15) is 13.2 Å². The number of urea groups is 1. The van der Waals surface area contributed by atoms with E-state index in [1.165, 1.54) is 22.3 Å². The van der Waals surface area contributed by atoms with E-state index in [2.05, 4.69) is 16.1 Å². The van der Waals surface area contributed by atoms with E-state index in [0.717, 1.165) is 61.6 Å². The molecule has 2 aromatic rings. The molecule has 2 amide bonds. The minimum Gasteiger partial charge on any atom is -0.307 e. The number of hydrogen-bond donors (Lipinski definition) is 2. The Morgan fingerprint density at radius 1 is 0.966 bits per heavy atom. The average molecular weight is 411 g/mol. The summed E-state index contributed by atoms with van der Waals surface area (Å²) in [4.78, 5) is 12.4. The van der Waals surface area contributed by atoms with Crippen molar-refractivity contribution in [3.63, 3.8) is 0 Å². The average Bonchev–Trinajstić information content (AvgIpc) is 3.34. The van der Waals surface area contributed by atoms with E-state index in [0.29, 0.717) is 6.42 Å². The fourth-order valence-corrected chi connectivity index (χ4v) is 5.13. The Labute approximate surface area is 172 Å². The van der Waals surface area contributed by atoms with Crippen LogP contribution < -0.4 is 10.0 Å². The molecule has 0 aliphatic heterocycles. The monoisotopic (exact) mass is 410 g/mol. The molecule has 0 radical (unpaired) electrons. The lowest BCUT2D eigenvalue weighted by atomic mass is 9.99. The van der Waals surface area contributed by atoms with Gasteiger partial charge in [-0.3, -0.25) is 0 Å². The van der Waals surface area contributed by atoms with Crippen LogP contribution in [0.5, 0.6) is 0 Å². The quantitative estimate of drug-likeness (QED) is 0.747. The van der Waals surface area contributed by atoms with E-state index < -0.39 is 16.1 Å². The van der Waals surface area contributed by atoms with E-state index >= 15 is 0 Å². The first-order valence-corrected chi connectivity index (χ1v) is 11.8. The van der Waals surface area contributed by atoms with Gasteiger partial charge in [0.2, 0.25) is 0 Å². The number of nitrogens with one attached hydrogen (secondary N) is 2. The Hall–Kier alpha value is -2.60. The van der Waals surface area contributed by atoms with Gasteiger partial charge in [0.25, 0.3) is 10.0 Å². The van der Waals surface area contributed by atoms with Crippen LogP contribution in [0.25, 0.3) is 0 Å². The number of carbonyl (C=O) groups excluding carboxylic acids is 1. The maximum absolute atomic E-state index is 12.4. The lowest BCUT2D eigenvalue weighted by Crippen LogP contribution is -2.33. The molecule has 0 saturated heterocycles. The minimum absolute atomic E-state index is 0.590. The predicted molar refractivity (Wildman–Crippen MR) is 115 cm³/mol. The zero-order chi connectivity index (χ0) is 20.3. The molecular weight excluding hydrogens is 384 g/mol. The van der Waals surface area contributed by atoms with Gasteiger partial charge in [-0.25, -0.2) is 17.9 Å². The molecule has 0 spiro atoms. The van der Waals surface area contributed by atoms with E-state index in [-0.39, 0.29) is 0 Å². The molecule has 6 heteroatoms. The number of allylic oxidation sites excluding steroid dienone is 1. The zero-order valence-electron chi connectivity index (χ0n) is 16.4. The number of rotatable bonds is 6. The van der Waals surface area contributed by atoms with Crippen molar-refractivity contribution in [2.45, 2.75) is 51.4 Å². The van der Waals surface area contributed by atoms with Crippen molar-refractivity contribution in [3.05, 3.63) is 75.7 Å². The third-order valence-electron chi connectivity index (χ3n) is 5.66. The Bertz CT molecular complexity index is 1010. The van der Waals surface area contributed by atoms with Crippen molar-refractivity contribution in [1.82, 2.24) is 4.72 Å². The molecular formula is C23H26N2O3S. The summed E-state index contributed by atoms with van der Waals surface area (Å²) < 4.78 is 26.6. The summed E-state index contributed by atoms with van der Waals surface area (Å²) in [6, 6.07) is 11.5. The summed E-state index contributed by atoms with van der Waals surface area (Å²) in [7, 11) is -3.83. The molecule has 2 N–H and O–H groups in total. The number of fused-ring (bicyclic) bond motifs is 2. The highest BCUT2D eigenvalue weighted by Crippen LogP contribution is 2.38. The number of amides is 2. The molecule has 5 nitrogen and oxygen atoms in total. The van der Waals surface area contributed by atoms with Crippen molar-refractivity contribution >= 4 is 21.7 Å². The summed E-state index contributed by atoms with van der Waals surface area (Å²) in [5, 5.41) is 3.93. The third kappa shape index (κ3) is 4.70. The second-order valence-corrected chi connectivity index (χ2v) is 9.30. The first-order chi connectivity index (χ1) is 14.0. The Morgan fingerprint density at radius 2 is 1.62 bits per heavy atom. The number of aryl methyl sites for hydroxylation is 3. The van der Waals surface area contributed by atoms with Crippen LogP contribution in [0.2, 0.25) is 0 Å². The summed E-state index contributed by atoms with van der Waals surface area (Å²) in [6.07, 6.45) is 9.01. The highest BCUT2D eigenvalue weighted by Gasteiger charge is 2.25. The molecule has 0 atom stereocenters. The summed E-state index contributed by atoms with van der Waals surface area (Å²) in [5.74, 6) is 0. The van der Waals surface area contributed by atoms with Gasteiger partial charge in [0.15, 0.2) is 0 Å². The minimum atomic E-state index is -3.83. The molecule has 0 heterocycles. The van der Waals surface area contributed by atoms with E-state index in [1.807, 2.05) is 30.3 Å². The Morgan fingerprint density at radius 3 is 2.28 bits per heavy atom. The fraction of sp³-hybridized carbons (Fsp3) is 0.348. The van der Waals surface area contributed by atoms with Gasteiger partial charge in [-0.2, -0.15) is 0 Å². The van der Waals surface area contributed by atoms with Gasteiger partial charge in [0.05, 0.1) is 0 Å². The van der Waals surface area contributed by atoms with Crippen LogP contribution in [-0.2, 0) is 42.1 Å². The fourth-order valence-electron chi connectivity index (χ4n) is 4.36. The van der Waals surface area contributed by atoms with Crippen molar-refractivity contribution < 1.29 is 13.2 Å². The second kappa shape index (κ2) is 8.41. The molecule has 0 bridgehead atoms. The van der Waals surface area contributed by atoms with Gasteiger partial charge in [-0.15, -0.1) is 0 Å². The van der Waals surface area contributed by atoms with Gasteiger partial charge in [0, 0.05) is 11.1 Å². The number of benzene rings is 2. The topological polar surface area (TPSA) is 75.3 Å². The van der Waals surface area contributed by atoms with Crippen LogP contribution in [0.1, 0.15) is 47.1 Å². The molecule has 0 saturated carbocycles. The van der Waals surface area contributed by atoms with E-state index in [4.69, 9.17) is 0 Å².